The molecule has 0 unspecified atom stereocenters. The van der Waals surface area contributed by atoms with Crippen molar-refractivity contribution in [1.82, 2.24) is 10.2 Å². The van der Waals surface area contributed by atoms with Crippen molar-refractivity contribution in [3.63, 3.8) is 0 Å². The Hall–Kier alpha value is -1.61. The Kier molecular flexibility index (Phi) is 20.1. The van der Waals surface area contributed by atoms with E-state index >= 15 is 0 Å². The van der Waals surface area contributed by atoms with Crippen molar-refractivity contribution >= 4 is 75.9 Å². The highest BCUT2D eigenvalue weighted by Crippen LogP contribution is 2.24. The molecule has 0 radical (unpaired) electrons. The topological polar surface area (TPSA) is 93.0 Å². The summed E-state index contributed by atoms with van der Waals surface area (Å²) in [5.41, 5.74) is 1.49. The Balaban J connectivity index is 0.000000275. The van der Waals surface area contributed by atoms with E-state index < -0.39 is 4.30 Å². The fraction of sp³-hybridized carbons (Fsp3) is 0.345. The van der Waals surface area contributed by atoms with Crippen molar-refractivity contribution in [2.45, 2.75) is 36.5 Å². The maximum Gasteiger partial charge on any atom is 0.180 e. The first-order valence-electron chi connectivity index (χ1n) is 12.7. The van der Waals surface area contributed by atoms with Crippen LogP contribution in [0.4, 0.5) is 0 Å². The summed E-state index contributed by atoms with van der Waals surface area (Å²) in [5, 5.41) is 31.5. The van der Waals surface area contributed by atoms with Crippen LogP contribution in [0.1, 0.15) is 41.6 Å². The number of aromatic hydroxyl groups is 3. The molecule has 4 N–H and O–H groups in total. The Bertz CT molecular complexity index is 1130. The van der Waals surface area contributed by atoms with Crippen LogP contribution < -0.4 is 5.32 Å². The second kappa shape index (κ2) is 22.0. The fourth-order valence-electron chi connectivity index (χ4n) is 3.56. The predicted molar refractivity (Wildman–Crippen MR) is 173 cm³/mol. The van der Waals surface area contributed by atoms with E-state index in [9.17, 15) is 9.90 Å². The molecule has 12 heteroatoms. The number of carbonyl (C=O) groups is 1. The van der Waals surface area contributed by atoms with Gasteiger partial charge in [-0.05, 0) is 106 Å². The molecular formula is C29H34Cl6N2O4. The number of rotatable bonds is 3. The number of hydrogen-bond donors (Lipinski definition) is 4. The van der Waals surface area contributed by atoms with E-state index in [1.165, 1.54) is 63.0 Å². The van der Waals surface area contributed by atoms with Crippen LogP contribution in [-0.2, 0) is 6.54 Å². The quantitative estimate of drug-likeness (QED) is 0.162. The van der Waals surface area contributed by atoms with E-state index in [2.05, 4.69) is 10.2 Å². The average Bonchev–Trinajstić information content (AvgIpc) is 3.64. The summed E-state index contributed by atoms with van der Waals surface area (Å²) in [6.07, 6.45) is 5.99. The molecule has 2 aliphatic heterocycles. The Morgan fingerprint density at radius 2 is 1.29 bits per heavy atom. The van der Waals surface area contributed by atoms with Gasteiger partial charge < -0.3 is 20.6 Å². The number of halogens is 6. The number of likely N-dealkylation sites (tertiary alicyclic amines) is 1. The zero-order valence-electron chi connectivity index (χ0n) is 22.3. The number of phenolic OH excluding ortho intramolecular Hbond substituents is 3. The maximum absolute atomic E-state index is 10.2. The van der Waals surface area contributed by atoms with Crippen molar-refractivity contribution < 1.29 is 20.1 Å². The van der Waals surface area contributed by atoms with E-state index in [0.29, 0.717) is 21.9 Å². The zero-order chi connectivity index (χ0) is 30.6. The molecule has 0 aliphatic carbocycles. The van der Waals surface area contributed by atoms with Crippen LogP contribution in [0.25, 0.3) is 0 Å². The highest BCUT2D eigenvalue weighted by Gasteiger charge is 2.13. The zero-order valence-corrected chi connectivity index (χ0v) is 26.8. The lowest BCUT2D eigenvalue weighted by Crippen LogP contribution is -2.18. The van der Waals surface area contributed by atoms with E-state index in [-0.39, 0.29) is 22.3 Å². The van der Waals surface area contributed by atoms with Gasteiger partial charge >= 0.3 is 0 Å². The number of alkyl halides is 3. The Morgan fingerprint density at radius 3 is 1.71 bits per heavy atom. The van der Waals surface area contributed by atoms with Crippen LogP contribution >= 0.6 is 69.6 Å². The van der Waals surface area contributed by atoms with Crippen LogP contribution in [0.3, 0.4) is 0 Å². The van der Waals surface area contributed by atoms with Crippen molar-refractivity contribution in [1.29, 1.82) is 0 Å². The fourth-order valence-corrected chi connectivity index (χ4v) is 4.20. The van der Waals surface area contributed by atoms with Gasteiger partial charge in [0.2, 0.25) is 0 Å². The molecule has 0 aromatic heterocycles. The lowest BCUT2D eigenvalue weighted by atomic mass is 10.2. The summed E-state index contributed by atoms with van der Waals surface area (Å²) >= 11 is 31.5. The van der Waals surface area contributed by atoms with Gasteiger partial charge in [-0.1, -0.05) is 81.7 Å². The third-order valence-electron chi connectivity index (χ3n) is 5.51. The van der Waals surface area contributed by atoms with Crippen molar-refractivity contribution in [2.75, 3.05) is 26.2 Å². The molecule has 2 aliphatic rings. The van der Waals surface area contributed by atoms with E-state index in [1.807, 2.05) is 6.07 Å². The van der Waals surface area contributed by atoms with Crippen LogP contribution in [0, 0.1) is 0 Å². The summed E-state index contributed by atoms with van der Waals surface area (Å²) in [6, 6.07) is 15.9. The van der Waals surface area contributed by atoms with Crippen molar-refractivity contribution in [3.05, 3.63) is 86.9 Å². The first-order chi connectivity index (χ1) is 19.5. The molecule has 3 aromatic rings. The van der Waals surface area contributed by atoms with E-state index in [1.54, 1.807) is 30.3 Å². The van der Waals surface area contributed by atoms with Gasteiger partial charge in [-0.25, -0.2) is 0 Å². The molecule has 0 bridgehead atoms. The van der Waals surface area contributed by atoms with E-state index in [4.69, 9.17) is 79.8 Å². The molecule has 0 spiro atoms. The van der Waals surface area contributed by atoms with Gasteiger partial charge in [0.15, 0.2) is 10.6 Å². The summed E-state index contributed by atoms with van der Waals surface area (Å²) in [5.74, 6) is 0.508. The maximum atomic E-state index is 10.2. The highest BCUT2D eigenvalue weighted by atomic mass is 35.6. The van der Waals surface area contributed by atoms with Crippen molar-refractivity contribution in [2.24, 2.45) is 0 Å². The van der Waals surface area contributed by atoms with Gasteiger partial charge in [-0.15, -0.1) is 0 Å². The SMILES string of the molecule is C1CCNC1.ClC(Cl)Cl.O=Cc1ccc(O)cc1Cl.Oc1ccc(CN2CCCC2)c(Cl)c1.Oc1cccc(Cl)c1. The molecule has 41 heavy (non-hydrogen) atoms. The lowest BCUT2D eigenvalue weighted by molar-refractivity contribution is 0.112. The number of nitrogens with one attached hydrogen (secondary N) is 1. The summed E-state index contributed by atoms with van der Waals surface area (Å²) in [4.78, 5) is 12.6. The van der Waals surface area contributed by atoms with Gasteiger partial charge in [0.05, 0.1) is 5.02 Å². The van der Waals surface area contributed by atoms with Crippen LogP contribution in [0.5, 0.6) is 17.2 Å². The minimum absolute atomic E-state index is 0.0654. The summed E-state index contributed by atoms with van der Waals surface area (Å²) < 4.78 is -0.750. The molecule has 3 aromatic carbocycles. The number of hydrogen-bond acceptors (Lipinski definition) is 6. The van der Waals surface area contributed by atoms with Gasteiger partial charge in [0.1, 0.15) is 17.2 Å². The standard InChI is InChI=1S/C11H14ClNO.C7H5ClO2.C6H5ClO.C4H9N.CHCl3/c12-11-7-10(14)4-3-9(11)8-13-5-1-2-6-13;8-7-3-6(10)2-1-5(7)4-9;7-5-2-1-3-6(8)4-5;1-2-4-5-3-1;2-1(3)4/h3-4,7,14H,1-2,5-6,8H2;1-4,10H;1-4,8H;5H,1-4H2;1H. The largest absolute Gasteiger partial charge is 0.508 e. The second-order valence-corrected chi connectivity index (χ2v) is 12.0. The molecule has 2 heterocycles. The number of phenols is 3. The monoisotopic (exact) mass is 684 g/mol. The second-order valence-electron chi connectivity index (χ2n) is 8.77. The molecule has 5 rings (SSSR count). The molecular weight excluding hydrogens is 653 g/mol. The average molecular weight is 687 g/mol. The summed E-state index contributed by atoms with van der Waals surface area (Å²) in [7, 11) is 0. The van der Waals surface area contributed by atoms with Crippen LogP contribution in [0.2, 0.25) is 15.1 Å². The Morgan fingerprint density at radius 1 is 0.756 bits per heavy atom. The van der Waals surface area contributed by atoms with Crippen molar-refractivity contribution in [3.8, 4) is 17.2 Å². The van der Waals surface area contributed by atoms with Gasteiger partial charge in [0.25, 0.3) is 0 Å². The molecule has 0 atom stereocenters. The minimum Gasteiger partial charge on any atom is -0.508 e. The molecule has 0 amide bonds. The molecule has 226 valence electrons. The minimum atomic E-state index is -0.750. The molecule has 2 fully saturated rings. The predicted octanol–water partition coefficient (Wildman–Crippen LogP) is 8.90. The van der Waals surface area contributed by atoms with Gasteiger partial charge in [-0.3, -0.25) is 9.69 Å². The van der Waals surface area contributed by atoms with E-state index in [0.717, 1.165) is 25.2 Å². The van der Waals surface area contributed by atoms with Crippen LogP contribution in [-0.4, -0.2) is 57.0 Å². The smallest absolute Gasteiger partial charge is 0.180 e. The Labute approximate surface area is 271 Å². The number of aldehydes is 1. The first kappa shape index (κ1) is 37.4. The van der Waals surface area contributed by atoms with Crippen LogP contribution in [0.15, 0.2) is 60.7 Å². The first-order valence-corrected chi connectivity index (χ1v) is 15.2. The lowest BCUT2D eigenvalue weighted by Gasteiger charge is -2.15. The highest BCUT2D eigenvalue weighted by molar-refractivity contribution is 6.63. The van der Waals surface area contributed by atoms with Gasteiger partial charge in [0, 0.05) is 22.2 Å². The number of benzene rings is 3. The molecule has 2 saturated heterocycles. The third-order valence-corrected chi connectivity index (χ3v) is 6.42. The third kappa shape index (κ3) is 18.5. The number of carbonyl (C=O) groups excluding carboxylic acids is 1. The molecule has 0 saturated carbocycles. The number of nitrogens with zero attached hydrogens (tertiary/aromatic N) is 1. The summed E-state index contributed by atoms with van der Waals surface area (Å²) in [6.45, 7) is 5.73. The van der Waals surface area contributed by atoms with Gasteiger partial charge in [-0.2, -0.15) is 0 Å². The molecule has 6 nitrogen and oxygen atoms in total. The normalized spacial score (nSPS) is 13.8.